The summed E-state index contributed by atoms with van der Waals surface area (Å²) in [6.45, 7) is 4.19. The number of carbonyl (C=O) groups excluding carboxylic acids is 1. The van der Waals surface area contributed by atoms with E-state index in [0.29, 0.717) is 10.7 Å². The summed E-state index contributed by atoms with van der Waals surface area (Å²) in [4.78, 5) is 18.7. The molecule has 1 aliphatic rings. The fraction of sp³-hybridized carbons (Fsp3) is 0.207. The predicted octanol–water partition coefficient (Wildman–Crippen LogP) is 5.46. The van der Waals surface area contributed by atoms with Gasteiger partial charge in [0.1, 0.15) is 5.75 Å². The summed E-state index contributed by atoms with van der Waals surface area (Å²) in [5.41, 5.74) is 6.65. The second-order valence-corrected chi connectivity index (χ2v) is 9.28. The molecule has 5 rings (SSSR count). The van der Waals surface area contributed by atoms with Crippen LogP contribution in [0, 0.1) is 13.8 Å². The summed E-state index contributed by atoms with van der Waals surface area (Å²) >= 11 is 5.87. The number of hydrogen-bond donors (Lipinski definition) is 1. The van der Waals surface area contributed by atoms with Gasteiger partial charge in [-0.3, -0.25) is 4.98 Å². The summed E-state index contributed by atoms with van der Waals surface area (Å²) in [5, 5.41) is 4.16. The van der Waals surface area contributed by atoms with Gasteiger partial charge in [0.05, 0.1) is 37.6 Å². The molecule has 0 radical (unpaired) electrons. The molecule has 2 atom stereocenters. The van der Waals surface area contributed by atoms with Crippen LogP contribution in [0.5, 0.6) is 5.75 Å². The third-order valence-electron chi connectivity index (χ3n) is 6.78. The summed E-state index contributed by atoms with van der Waals surface area (Å²) in [5.74, 6) is 0.431. The van der Waals surface area contributed by atoms with Crippen LogP contribution in [0.1, 0.15) is 45.1 Å². The zero-order valence-corrected chi connectivity index (χ0v) is 22.0. The van der Waals surface area contributed by atoms with Crippen LogP contribution in [0.2, 0.25) is 0 Å². The number of thiocarbonyl (C=S) groups is 1. The Balaban J connectivity index is 1.62. The molecule has 0 saturated carbocycles. The van der Waals surface area contributed by atoms with Crippen LogP contribution in [0.3, 0.4) is 0 Å². The zero-order chi connectivity index (χ0) is 26.1. The van der Waals surface area contributed by atoms with Gasteiger partial charge in [0.2, 0.25) is 0 Å². The van der Waals surface area contributed by atoms with Gasteiger partial charge in [0, 0.05) is 29.0 Å². The molecule has 37 heavy (non-hydrogen) atoms. The van der Waals surface area contributed by atoms with Crippen molar-refractivity contribution in [3.63, 3.8) is 0 Å². The average molecular weight is 513 g/mol. The molecule has 4 aromatic rings. The number of nitrogens with one attached hydrogen (secondary N) is 1. The van der Waals surface area contributed by atoms with Gasteiger partial charge in [0.15, 0.2) is 5.11 Å². The lowest BCUT2D eigenvalue weighted by Crippen LogP contribution is -2.29. The van der Waals surface area contributed by atoms with E-state index < -0.39 is 0 Å². The largest absolute Gasteiger partial charge is 0.497 e. The van der Waals surface area contributed by atoms with Gasteiger partial charge in [-0.2, -0.15) is 0 Å². The summed E-state index contributed by atoms with van der Waals surface area (Å²) in [6.07, 6.45) is 1.80. The Morgan fingerprint density at radius 1 is 0.973 bits per heavy atom. The highest BCUT2D eigenvalue weighted by molar-refractivity contribution is 7.80. The first-order chi connectivity index (χ1) is 17.9. The van der Waals surface area contributed by atoms with Crippen LogP contribution >= 0.6 is 12.2 Å². The molecule has 8 heteroatoms. The van der Waals surface area contributed by atoms with Gasteiger partial charge >= 0.3 is 5.97 Å². The van der Waals surface area contributed by atoms with Crippen molar-refractivity contribution in [3.05, 3.63) is 107 Å². The van der Waals surface area contributed by atoms with Crippen LogP contribution in [-0.4, -0.2) is 34.9 Å². The molecule has 0 bridgehead atoms. The van der Waals surface area contributed by atoms with E-state index in [2.05, 4.69) is 39.7 Å². The van der Waals surface area contributed by atoms with Gasteiger partial charge in [-0.05, 0) is 98.4 Å². The molecule has 2 aromatic heterocycles. The smallest absolute Gasteiger partial charge is 0.337 e. The second-order valence-electron chi connectivity index (χ2n) is 8.89. The molecule has 0 amide bonds. The highest BCUT2D eigenvalue weighted by Gasteiger charge is 2.42. The molecule has 7 nitrogen and oxygen atoms in total. The monoisotopic (exact) mass is 512 g/mol. The number of esters is 1. The fourth-order valence-corrected chi connectivity index (χ4v) is 5.39. The standard InChI is InChI=1S/C29H28N4O3S/c1-18-17-24(19(2)32(18)21-10-8-20(9-11-21)28(34)36-4)27-26(25-7-5-6-16-30-25)31-29(37)33(27)22-12-14-23(35-3)15-13-22/h5-17,26-27H,1-4H3,(H,31,37)/t26-,27+/m1/s1. The minimum Gasteiger partial charge on any atom is -0.497 e. The minimum absolute atomic E-state index is 0.134. The maximum absolute atomic E-state index is 11.9. The van der Waals surface area contributed by atoms with E-state index in [4.69, 9.17) is 21.7 Å². The topological polar surface area (TPSA) is 68.6 Å². The predicted molar refractivity (Wildman–Crippen MR) is 148 cm³/mol. The third kappa shape index (κ3) is 4.44. The van der Waals surface area contributed by atoms with Crippen LogP contribution < -0.4 is 15.0 Å². The SMILES string of the molecule is COC(=O)c1ccc(-n2c(C)cc([C@H]3[C@@H](c4ccccn4)NC(=S)N3c3ccc(OC)cc3)c2C)cc1. The first-order valence-electron chi connectivity index (χ1n) is 11.9. The van der Waals surface area contributed by atoms with Crippen LogP contribution in [0.25, 0.3) is 5.69 Å². The maximum Gasteiger partial charge on any atom is 0.337 e. The first kappa shape index (κ1) is 24.5. The first-order valence-corrected chi connectivity index (χ1v) is 12.4. The number of anilines is 1. The van der Waals surface area contributed by atoms with E-state index in [-0.39, 0.29) is 18.1 Å². The van der Waals surface area contributed by atoms with Crippen molar-refractivity contribution in [1.82, 2.24) is 14.9 Å². The molecule has 0 aliphatic carbocycles. The maximum atomic E-state index is 11.9. The van der Waals surface area contributed by atoms with Gasteiger partial charge in [-0.15, -0.1) is 0 Å². The Bertz CT molecular complexity index is 1430. The van der Waals surface area contributed by atoms with Crippen LogP contribution in [0.4, 0.5) is 5.69 Å². The van der Waals surface area contributed by atoms with Gasteiger partial charge in [-0.1, -0.05) is 6.07 Å². The fourth-order valence-electron chi connectivity index (χ4n) is 5.04. The average Bonchev–Trinajstić information content (AvgIpc) is 3.43. The molecule has 1 fully saturated rings. The van der Waals surface area contributed by atoms with Crippen molar-refractivity contribution in [2.24, 2.45) is 0 Å². The summed E-state index contributed by atoms with van der Waals surface area (Å²) < 4.78 is 12.4. The lowest BCUT2D eigenvalue weighted by molar-refractivity contribution is 0.0600. The molecule has 1 aliphatic heterocycles. The number of pyridine rings is 1. The molecule has 188 valence electrons. The van der Waals surface area contributed by atoms with Crippen LogP contribution in [-0.2, 0) is 4.74 Å². The molecular formula is C29H28N4O3S. The molecule has 1 saturated heterocycles. The van der Waals surface area contributed by atoms with Gasteiger partial charge < -0.3 is 24.3 Å². The second kappa shape index (κ2) is 10.1. The Labute approximate surface area is 221 Å². The molecule has 2 aromatic carbocycles. The van der Waals surface area contributed by atoms with E-state index in [1.807, 2.05) is 54.6 Å². The molecule has 0 spiro atoms. The van der Waals surface area contributed by atoms with E-state index in [1.165, 1.54) is 7.11 Å². The molecule has 3 heterocycles. The number of carbonyl (C=O) groups is 1. The summed E-state index contributed by atoms with van der Waals surface area (Å²) in [7, 11) is 3.04. The van der Waals surface area contributed by atoms with E-state index in [1.54, 1.807) is 25.4 Å². The van der Waals surface area contributed by atoms with Crippen molar-refractivity contribution in [3.8, 4) is 11.4 Å². The van der Waals surface area contributed by atoms with E-state index in [0.717, 1.165) is 39.8 Å². The number of aromatic nitrogens is 2. The highest BCUT2D eigenvalue weighted by Crippen LogP contribution is 2.44. The Hall–Kier alpha value is -4.17. The Morgan fingerprint density at radius 3 is 2.30 bits per heavy atom. The number of methoxy groups -OCH3 is 2. The van der Waals surface area contributed by atoms with Crippen molar-refractivity contribution in [1.29, 1.82) is 0 Å². The lowest BCUT2D eigenvalue weighted by Gasteiger charge is -2.28. The van der Waals surface area contributed by atoms with Crippen molar-refractivity contribution < 1.29 is 14.3 Å². The van der Waals surface area contributed by atoms with Crippen molar-refractivity contribution in [2.45, 2.75) is 25.9 Å². The molecule has 1 N–H and O–H groups in total. The molecular weight excluding hydrogens is 484 g/mol. The van der Waals surface area contributed by atoms with E-state index in [9.17, 15) is 4.79 Å². The van der Waals surface area contributed by atoms with Gasteiger partial charge in [0.25, 0.3) is 0 Å². The summed E-state index contributed by atoms with van der Waals surface area (Å²) in [6, 6.07) is 23.2. The van der Waals surface area contributed by atoms with Crippen molar-refractivity contribution >= 4 is 29.0 Å². The number of hydrogen-bond acceptors (Lipinski definition) is 5. The number of aryl methyl sites for hydroxylation is 1. The normalized spacial score (nSPS) is 17.0. The minimum atomic E-state index is -0.355. The number of nitrogens with zero attached hydrogens (tertiary/aromatic N) is 3. The zero-order valence-electron chi connectivity index (χ0n) is 21.1. The third-order valence-corrected chi connectivity index (χ3v) is 7.10. The lowest BCUT2D eigenvalue weighted by atomic mass is 9.96. The van der Waals surface area contributed by atoms with Crippen LogP contribution in [0.15, 0.2) is 79.0 Å². The highest BCUT2D eigenvalue weighted by atomic mass is 32.1. The number of ether oxygens (including phenoxy) is 2. The van der Waals surface area contributed by atoms with Gasteiger partial charge in [-0.25, -0.2) is 4.79 Å². The number of benzene rings is 2. The Morgan fingerprint density at radius 2 is 1.68 bits per heavy atom. The molecule has 0 unspecified atom stereocenters. The number of rotatable bonds is 6. The Kier molecular flexibility index (Phi) is 6.67. The van der Waals surface area contributed by atoms with E-state index >= 15 is 0 Å². The quantitative estimate of drug-likeness (QED) is 0.272. The van der Waals surface area contributed by atoms with Crippen molar-refractivity contribution in [2.75, 3.05) is 19.1 Å².